The highest BCUT2D eigenvalue weighted by Gasteiger charge is 0.944. The van der Waals surface area contributed by atoms with Crippen LogP contribution >= 0.6 is 13.4 Å². The van der Waals surface area contributed by atoms with Gasteiger partial charge in [0.1, 0.15) is 0 Å². The van der Waals surface area contributed by atoms with E-state index in [1.807, 2.05) is 96.9 Å². The molecule has 15 heavy (non-hydrogen) atoms. The first-order valence-electron chi connectivity index (χ1n) is 7.45. The fraction of sp³-hybridized carbons (Fsp3) is 1.00. The molecular weight excluding hydrogens is 200 g/mol. The second kappa shape index (κ2) is 20900. The summed E-state index contributed by atoms with van der Waals surface area (Å²) in [4.78, 5) is 0. The predicted octanol–water partition coefficient (Wildman–Crippen LogP) is 7.30. The largest absolute Gasteiger partial charge is 0.197 e. The van der Waals surface area contributed by atoms with Gasteiger partial charge < -0.3 is 0 Å². The maximum absolute atomic E-state index is 5.44. The molecule has 0 amide bonds. The normalized spacial score (nSPS) is 3.27. The first-order chi connectivity index (χ1) is 8.00. The molecule has 1 heteroatoms. The Kier molecular flexibility index (Phi) is 63100. The van der Waals surface area contributed by atoms with Crippen molar-refractivity contribution in [1.82, 2.24) is 0 Å². The van der Waals surface area contributed by atoms with Gasteiger partial charge in [-0.1, -0.05) is 96.9 Å². The van der Waals surface area contributed by atoms with Gasteiger partial charge in [-0.05, 0) is 0 Å². The molecule has 106 valence electrons. The number of hydrogen-bond donors (Lipinski definition) is 0. The van der Waals surface area contributed by atoms with Crippen molar-refractivity contribution in [1.29, 1.82) is 1.12 Å². The Labute approximate surface area is 112 Å². The molecule has 0 spiro atoms. The van der Waals surface area contributed by atoms with Gasteiger partial charge in [-0.3, -0.25) is 0 Å². The summed E-state index contributed by atoms with van der Waals surface area (Å²) in [5.41, 5.74) is 0. The van der Waals surface area contributed by atoms with Crippen LogP contribution in [0.3, 0.4) is 0 Å². The zero-order valence-electron chi connectivity index (χ0n) is 15.4. The van der Waals surface area contributed by atoms with Crippen LogP contribution in [-0.4, -0.2) is 1.12 Å². The zero-order chi connectivity index (χ0) is 16.0. The lowest BCUT2D eigenvalue weighted by atomic mass is 11.0. The second-order valence-corrected chi connectivity index (χ2v) is 0. The molecule has 0 heterocycles. The minimum Gasteiger partial charge on any atom is -0.197 e. The summed E-state index contributed by atoms with van der Waals surface area (Å²) in [6.45, 7) is 28.0. The standard InChI is InChI=1S/7C2H6.H2S/c7*1-2;/h7*1-2H3;1H2/i/hD. The molecule has 0 aliphatic heterocycles. The van der Waals surface area contributed by atoms with E-state index in [0.717, 1.165) is 0 Å². The lowest BCUT2D eigenvalue weighted by Gasteiger charge is -1.07. The molecule has 0 aromatic carbocycles. The van der Waals surface area contributed by atoms with E-state index in [1.54, 1.807) is 0 Å². The third-order valence-electron chi connectivity index (χ3n) is 0. The monoisotopic (exact) mass is 245 g/mol. The van der Waals surface area contributed by atoms with Crippen molar-refractivity contribution < 1.29 is 0 Å². The van der Waals surface area contributed by atoms with Gasteiger partial charge in [0, 0.05) is 0 Å². The van der Waals surface area contributed by atoms with Crippen LogP contribution in [0.25, 0.3) is 0 Å². The Balaban J connectivity index is -0.00000000762. The van der Waals surface area contributed by atoms with Crippen LogP contribution in [0.1, 0.15) is 96.9 Å². The van der Waals surface area contributed by atoms with Crippen molar-refractivity contribution >= 4 is 13.4 Å². The van der Waals surface area contributed by atoms with Gasteiger partial charge in [0.15, 0.2) is 0 Å². The Morgan fingerprint density at radius 3 is 0.333 bits per heavy atom. The molecule has 0 atom stereocenters. The van der Waals surface area contributed by atoms with Gasteiger partial charge in [0.25, 0.3) is 0 Å². The van der Waals surface area contributed by atoms with Crippen LogP contribution in [0.4, 0.5) is 0 Å². The Hall–Kier alpha value is 0.350. The Bertz CT molecular complexity index is 10.7. The van der Waals surface area contributed by atoms with Gasteiger partial charge in [-0.15, -0.1) is 0 Å². The van der Waals surface area contributed by atoms with E-state index in [0.29, 0.717) is 0 Å². The van der Waals surface area contributed by atoms with Gasteiger partial charge in [0.2, 0.25) is 0 Å². The van der Waals surface area contributed by atoms with Gasteiger partial charge >= 0.3 is 0 Å². The molecule has 0 saturated heterocycles. The van der Waals surface area contributed by atoms with Crippen LogP contribution in [0, 0.1) is 0 Å². The van der Waals surface area contributed by atoms with E-state index in [1.165, 1.54) is 0 Å². The third-order valence-corrected chi connectivity index (χ3v) is 0. The van der Waals surface area contributed by atoms with Crippen LogP contribution in [0.5, 0.6) is 0 Å². The number of rotatable bonds is 0. The summed E-state index contributed by atoms with van der Waals surface area (Å²) >= 11 is 2.78. The lowest BCUT2D eigenvalue weighted by Crippen LogP contribution is -0.856. The van der Waals surface area contributed by atoms with Crippen molar-refractivity contribution in [2.75, 3.05) is 0 Å². The molecular formula is C14H44S. The zero-order valence-corrected chi connectivity index (χ0v) is 15.3. The highest BCUT2D eigenvalue weighted by atomic mass is 32.1. The first kappa shape index (κ1) is 45.3. The molecule has 0 nitrogen and oxygen atoms in total. The summed E-state index contributed by atoms with van der Waals surface area (Å²) in [6.07, 6.45) is 0. The lowest BCUT2D eigenvalue weighted by molar-refractivity contribution is 1.50. The van der Waals surface area contributed by atoms with Crippen LogP contribution in [0.15, 0.2) is 0 Å². The van der Waals surface area contributed by atoms with Crippen LogP contribution in [-0.2, 0) is 0 Å². The molecule has 0 saturated carbocycles. The van der Waals surface area contributed by atoms with E-state index in [4.69, 9.17) is 1.12 Å². The molecule has 0 aliphatic rings. The smallest absolute Gasteiger partial charge is 0.0985 e. The topological polar surface area (TPSA) is 0 Å². The maximum atomic E-state index is 5.44. The van der Waals surface area contributed by atoms with Gasteiger partial charge in [-0.25, -0.2) is 0 Å². The summed E-state index contributed by atoms with van der Waals surface area (Å²) in [5, 5.41) is 0. The minimum absolute atomic E-state index is 2.00. The fourth-order valence-electron chi connectivity index (χ4n) is 0. The maximum Gasteiger partial charge on any atom is 0.0985 e. The van der Waals surface area contributed by atoms with Crippen molar-refractivity contribution in [2.24, 2.45) is 0 Å². The summed E-state index contributed by atoms with van der Waals surface area (Å²) in [7, 11) is 0. The molecule has 0 rings (SSSR count). The molecule has 0 aromatic heterocycles. The van der Waals surface area contributed by atoms with Gasteiger partial charge in [-0.2, -0.15) is 13.4 Å². The van der Waals surface area contributed by atoms with E-state index in [2.05, 4.69) is 13.4 Å². The molecule has 0 radical (unpaired) electrons. The molecule has 0 unspecified atom stereocenters. The molecule has 0 N–H and O–H groups in total. The minimum atomic E-state index is 2.00. The average molecular weight is 246 g/mol. The summed E-state index contributed by atoms with van der Waals surface area (Å²) < 4.78 is 5.44. The Morgan fingerprint density at radius 1 is 0.333 bits per heavy atom. The van der Waals surface area contributed by atoms with Gasteiger partial charge in [0.05, 0.1) is 1.12 Å². The van der Waals surface area contributed by atoms with Crippen LogP contribution < -0.4 is 0 Å². The highest BCUT2D eigenvalue weighted by molar-refractivity contribution is 7.59. The van der Waals surface area contributed by atoms with Crippen LogP contribution in [0.2, 0.25) is 0 Å². The van der Waals surface area contributed by atoms with E-state index >= 15 is 0 Å². The Morgan fingerprint density at radius 2 is 0.333 bits per heavy atom. The summed E-state index contributed by atoms with van der Waals surface area (Å²) in [5.74, 6) is 0. The first-order valence-corrected chi connectivity index (χ1v) is 7.00. The SMILES string of the molecule is CC.CC.CC.CC.CC.CC.CC.[2H]S. The van der Waals surface area contributed by atoms with Crippen molar-refractivity contribution in [3.05, 3.63) is 0 Å². The molecule has 0 aliphatic carbocycles. The average Bonchev–Trinajstić information content (AvgIpc) is 2.54. The van der Waals surface area contributed by atoms with E-state index < -0.39 is 0 Å². The quantitative estimate of drug-likeness (QED) is 0.420. The van der Waals surface area contributed by atoms with Crippen molar-refractivity contribution in [3.63, 3.8) is 0 Å². The van der Waals surface area contributed by atoms with Crippen molar-refractivity contribution in [2.45, 2.75) is 96.9 Å². The molecule has 0 bridgehead atoms. The summed E-state index contributed by atoms with van der Waals surface area (Å²) in [6, 6.07) is 0. The van der Waals surface area contributed by atoms with E-state index in [-0.39, 0.29) is 0 Å². The molecule has 0 aromatic rings. The third kappa shape index (κ3) is 17900. The second-order valence-electron chi connectivity index (χ2n) is 0. The highest BCUT2D eigenvalue weighted by Crippen LogP contribution is 1.16. The predicted molar refractivity (Wildman–Crippen MR) is 89.8 cm³/mol. The van der Waals surface area contributed by atoms with Crippen molar-refractivity contribution in [3.8, 4) is 0 Å². The molecule has 0 fully saturated rings. The van der Waals surface area contributed by atoms with E-state index in [9.17, 15) is 0 Å². The fourth-order valence-corrected chi connectivity index (χ4v) is 0. The number of hydrogen-bond acceptors (Lipinski definition) is 0.